The molecule has 0 radical (unpaired) electrons. The molecule has 19 heavy (non-hydrogen) atoms. The van der Waals surface area contributed by atoms with Gasteiger partial charge in [-0.05, 0) is 24.6 Å². The highest BCUT2D eigenvalue weighted by molar-refractivity contribution is 9.10. The molecule has 0 unspecified atom stereocenters. The fraction of sp³-hybridized carbons (Fsp3) is 0.364. The lowest BCUT2D eigenvalue weighted by atomic mass is 10.1. The van der Waals surface area contributed by atoms with E-state index in [1.165, 1.54) is 6.07 Å². The Labute approximate surface area is 118 Å². The average molecular weight is 350 g/mol. The molecule has 0 amide bonds. The van der Waals surface area contributed by atoms with Crippen LogP contribution in [0.4, 0.5) is 0 Å². The van der Waals surface area contributed by atoms with Crippen LogP contribution < -0.4 is 0 Å². The number of carboxylic acid groups (broad SMARTS) is 1. The number of hydrogen-bond acceptors (Lipinski definition) is 4. The summed E-state index contributed by atoms with van der Waals surface area (Å²) < 4.78 is 25.9. The summed E-state index contributed by atoms with van der Waals surface area (Å²) in [6, 6.07) is 2.52. The third kappa shape index (κ3) is 2.53. The number of aliphatic hydroxyl groups excluding tert-OH is 1. The fourth-order valence-electron chi connectivity index (χ4n) is 1.79. The zero-order valence-electron chi connectivity index (χ0n) is 10.00. The summed E-state index contributed by atoms with van der Waals surface area (Å²) in [5.41, 5.74) is 0.407. The number of rotatable bonds is 3. The molecule has 0 aromatic heterocycles. The van der Waals surface area contributed by atoms with Crippen molar-refractivity contribution in [3.63, 3.8) is 0 Å². The minimum Gasteiger partial charge on any atom is -0.478 e. The van der Waals surface area contributed by atoms with E-state index < -0.39 is 22.1 Å². The first-order valence-corrected chi connectivity index (χ1v) is 7.68. The summed E-state index contributed by atoms with van der Waals surface area (Å²) in [5.74, 6) is -1.18. The van der Waals surface area contributed by atoms with Gasteiger partial charge in [0.15, 0.2) is 0 Å². The lowest BCUT2D eigenvalue weighted by molar-refractivity contribution is 0.0547. The van der Waals surface area contributed by atoms with E-state index >= 15 is 0 Å². The maximum Gasteiger partial charge on any atom is 0.336 e. The molecule has 0 atom stereocenters. The van der Waals surface area contributed by atoms with Crippen LogP contribution in [-0.2, 0) is 10.0 Å². The summed E-state index contributed by atoms with van der Waals surface area (Å²) >= 11 is 3.16. The summed E-state index contributed by atoms with van der Waals surface area (Å²) in [5, 5.41) is 18.2. The number of halogens is 1. The van der Waals surface area contributed by atoms with Crippen molar-refractivity contribution in [1.82, 2.24) is 4.31 Å². The number of benzene rings is 1. The molecule has 2 rings (SSSR count). The zero-order chi connectivity index (χ0) is 14.4. The van der Waals surface area contributed by atoms with E-state index in [-0.39, 0.29) is 23.5 Å². The number of aromatic carboxylic acids is 1. The first kappa shape index (κ1) is 14.4. The monoisotopic (exact) mass is 349 g/mol. The molecule has 1 aliphatic heterocycles. The molecule has 8 heteroatoms. The smallest absolute Gasteiger partial charge is 0.336 e. The van der Waals surface area contributed by atoms with Crippen molar-refractivity contribution in [2.24, 2.45) is 0 Å². The normalized spacial score (nSPS) is 17.2. The van der Waals surface area contributed by atoms with Gasteiger partial charge in [0.1, 0.15) is 0 Å². The van der Waals surface area contributed by atoms with E-state index in [0.717, 1.165) is 10.4 Å². The van der Waals surface area contributed by atoms with Crippen molar-refractivity contribution < 1.29 is 23.4 Å². The third-order valence-electron chi connectivity index (χ3n) is 3.01. The van der Waals surface area contributed by atoms with Gasteiger partial charge >= 0.3 is 5.97 Å². The van der Waals surface area contributed by atoms with E-state index in [1.807, 2.05) is 0 Å². The van der Waals surface area contributed by atoms with Gasteiger partial charge in [0.2, 0.25) is 10.0 Å². The summed E-state index contributed by atoms with van der Waals surface area (Å²) in [6.07, 6.45) is -0.650. The molecule has 1 heterocycles. The molecule has 0 saturated carbocycles. The average Bonchev–Trinajstić information content (AvgIpc) is 2.27. The molecule has 1 aromatic rings. The number of β-amino-alcohol motifs (C(OH)–C–C–N with tert-alkyl or cyclic N) is 1. The van der Waals surface area contributed by atoms with Crippen molar-refractivity contribution in [2.45, 2.75) is 17.9 Å². The molecule has 1 aliphatic rings. The zero-order valence-corrected chi connectivity index (χ0v) is 12.4. The Balaban J connectivity index is 2.49. The fourth-order valence-corrected chi connectivity index (χ4v) is 3.97. The number of carbonyl (C=O) groups is 1. The van der Waals surface area contributed by atoms with Gasteiger partial charge in [0.25, 0.3) is 0 Å². The number of sulfonamides is 1. The molecule has 1 saturated heterocycles. The number of carboxylic acids is 1. The van der Waals surface area contributed by atoms with E-state index in [0.29, 0.717) is 10.0 Å². The maximum absolute atomic E-state index is 12.2. The SMILES string of the molecule is Cc1c(Br)cc(S(=O)(=O)N2CC(O)C2)cc1C(=O)O. The van der Waals surface area contributed by atoms with Crippen LogP contribution >= 0.6 is 15.9 Å². The second-order valence-electron chi connectivity index (χ2n) is 4.36. The Kier molecular flexibility index (Phi) is 3.69. The number of nitrogens with zero attached hydrogens (tertiary/aromatic N) is 1. The van der Waals surface area contributed by atoms with Gasteiger partial charge in [-0.2, -0.15) is 4.31 Å². The van der Waals surface area contributed by atoms with E-state index in [4.69, 9.17) is 10.2 Å². The minimum absolute atomic E-state index is 0.0379. The lowest BCUT2D eigenvalue weighted by Crippen LogP contribution is -2.53. The van der Waals surface area contributed by atoms with Crippen LogP contribution in [0.15, 0.2) is 21.5 Å². The van der Waals surface area contributed by atoms with Crippen LogP contribution in [0.5, 0.6) is 0 Å². The van der Waals surface area contributed by atoms with Gasteiger partial charge < -0.3 is 10.2 Å². The Morgan fingerprint density at radius 2 is 2.00 bits per heavy atom. The Morgan fingerprint density at radius 3 is 2.47 bits per heavy atom. The van der Waals surface area contributed by atoms with E-state index in [2.05, 4.69) is 15.9 Å². The van der Waals surface area contributed by atoms with E-state index in [9.17, 15) is 13.2 Å². The molecule has 0 spiro atoms. The molecule has 1 aromatic carbocycles. The summed E-state index contributed by atoms with van der Waals surface area (Å²) in [6.45, 7) is 1.67. The molecule has 2 N–H and O–H groups in total. The maximum atomic E-state index is 12.2. The highest BCUT2D eigenvalue weighted by Gasteiger charge is 2.36. The number of aliphatic hydroxyl groups is 1. The molecule has 104 valence electrons. The second-order valence-corrected chi connectivity index (χ2v) is 7.15. The van der Waals surface area contributed by atoms with E-state index in [1.54, 1.807) is 6.92 Å². The van der Waals surface area contributed by atoms with Gasteiger partial charge in [-0.25, -0.2) is 13.2 Å². The molecule has 6 nitrogen and oxygen atoms in total. The van der Waals surface area contributed by atoms with Crippen molar-refractivity contribution in [3.05, 3.63) is 27.7 Å². The molecule has 0 aliphatic carbocycles. The van der Waals surface area contributed by atoms with Crippen molar-refractivity contribution in [1.29, 1.82) is 0 Å². The quantitative estimate of drug-likeness (QED) is 0.842. The van der Waals surface area contributed by atoms with Gasteiger partial charge in [0.05, 0.1) is 16.6 Å². The Bertz CT molecular complexity index is 637. The molecular weight excluding hydrogens is 338 g/mol. The van der Waals surface area contributed by atoms with Crippen molar-refractivity contribution in [2.75, 3.05) is 13.1 Å². The summed E-state index contributed by atoms with van der Waals surface area (Å²) in [4.78, 5) is 11.0. The Morgan fingerprint density at radius 1 is 1.42 bits per heavy atom. The van der Waals surface area contributed by atoms with Crippen LogP contribution in [0, 0.1) is 6.92 Å². The predicted molar refractivity (Wildman–Crippen MR) is 70.6 cm³/mol. The largest absolute Gasteiger partial charge is 0.478 e. The van der Waals surface area contributed by atoms with Gasteiger partial charge in [0, 0.05) is 17.6 Å². The molecule has 0 bridgehead atoms. The van der Waals surface area contributed by atoms with Gasteiger partial charge in [-0.3, -0.25) is 0 Å². The first-order chi connectivity index (χ1) is 8.73. The van der Waals surface area contributed by atoms with Crippen LogP contribution in [0.25, 0.3) is 0 Å². The third-order valence-corrected chi connectivity index (χ3v) is 5.65. The predicted octanol–water partition coefficient (Wildman–Crippen LogP) is 0.821. The van der Waals surface area contributed by atoms with Gasteiger partial charge in [-0.1, -0.05) is 15.9 Å². The molecule has 1 fully saturated rings. The minimum atomic E-state index is -3.75. The number of hydrogen-bond donors (Lipinski definition) is 2. The standard InChI is InChI=1S/C11H12BrNO5S/c1-6-9(11(15)16)2-8(3-10(6)12)19(17,18)13-4-7(14)5-13/h2-3,7,14H,4-5H2,1H3,(H,15,16). The highest BCUT2D eigenvalue weighted by atomic mass is 79.9. The topological polar surface area (TPSA) is 94.9 Å². The summed E-state index contributed by atoms with van der Waals surface area (Å²) in [7, 11) is -3.75. The van der Waals surface area contributed by atoms with Crippen LogP contribution in [0.2, 0.25) is 0 Å². The lowest BCUT2D eigenvalue weighted by Gasteiger charge is -2.34. The van der Waals surface area contributed by atoms with Crippen molar-refractivity contribution >= 4 is 31.9 Å². The van der Waals surface area contributed by atoms with Crippen LogP contribution in [-0.4, -0.2) is 48.1 Å². The second kappa shape index (κ2) is 4.86. The van der Waals surface area contributed by atoms with Crippen LogP contribution in [0.3, 0.4) is 0 Å². The van der Waals surface area contributed by atoms with Crippen molar-refractivity contribution in [3.8, 4) is 0 Å². The Hall–Kier alpha value is -0.960. The molecular formula is C11H12BrNO5S. The highest BCUT2D eigenvalue weighted by Crippen LogP contribution is 2.28. The van der Waals surface area contributed by atoms with Gasteiger partial charge in [-0.15, -0.1) is 0 Å². The van der Waals surface area contributed by atoms with Crippen LogP contribution in [0.1, 0.15) is 15.9 Å². The first-order valence-electron chi connectivity index (χ1n) is 5.45.